The molecule has 1 aromatic carbocycles. The van der Waals surface area contributed by atoms with Crippen LogP contribution in [0.15, 0.2) is 46.6 Å². The van der Waals surface area contributed by atoms with Gasteiger partial charge in [-0.05, 0) is 30.9 Å². The Balaban J connectivity index is 1.65. The molecule has 0 N–H and O–H groups in total. The largest absolute Gasteiger partial charge is 0.342 e. The summed E-state index contributed by atoms with van der Waals surface area (Å²) in [7, 11) is 0. The summed E-state index contributed by atoms with van der Waals surface area (Å²) in [6.07, 6.45) is 9.41. The predicted molar refractivity (Wildman–Crippen MR) is 109 cm³/mol. The molecule has 3 heterocycles. The summed E-state index contributed by atoms with van der Waals surface area (Å²) < 4.78 is 2.08. The minimum atomic E-state index is 0.555. The first-order chi connectivity index (χ1) is 12.7. The minimum absolute atomic E-state index is 0.555. The molecule has 0 unspecified atom stereocenters. The van der Waals surface area contributed by atoms with Gasteiger partial charge in [0.05, 0.1) is 14.9 Å². The van der Waals surface area contributed by atoms with Crippen LogP contribution in [0.5, 0.6) is 0 Å². The van der Waals surface area contributed by atoms with Gasteiger partial charge in [-0.2, -0.15) is 0 Å². The van der Waals surface area contributed by atoms with Crippen molar-refractivity contribution < 1.29 is 0 Å². The number of imidazole rings is 1. The molecule has 3 aromatic rings. The Morgan fingerprint density at radius 2 is 1.96 bits per heavy atom. The minimum Gasteiger partial charge on any atom is -0.342 e. The number of aromatic nitrogens is 3. The third-order valence-electron chi connectivity index (χ3n) is 4.98. The van der Waals surface area contributed by atoms with Crippen LogP contribution in [0.1, 0.15) is 26.2 Å². The highest BCUT2D eigenvalue weighted by atomic mass is 35.5. The fourth-order valence-electron chi connectivity index (χ4n) is 3.41. The molecule has 0 amide bonds. The zero-order valence-electron chi connectivity index (χ0n) is 14.5. The summed E-state index contributed by atoms with van der Waals surface area (Å²) in [5.41, 5.74) is 0.897. The topological polar surface area (TPSA) is 33.4 Å². The SMILES string of the molecule is CCC1CCN(c2ncc(Sc3cccc(Cl)c3Cl)c3nccn23)CC1. The van der Waals surface area contributed by atoms with Crippen molar-refractivity contribution in [3.8, 4) is 0 Å². The highest BCUT2D eigenvalue weighted by molar-refractivity contribution is 7.99. The molecule has 1 saturated heterocycles. The Labute approximate surface area is 167 Å². The number of fused-ring (bicyclic) bond motifs is 1. The fourth-order valence-corrected chi connectivity index (χ4v) is 4.82. The van der Waals surface area contributed by atoms with Crippen molar-refractivity contribution in [2.75, 3.05) is 18.0 Å². The van der Waals surface area contributed by atoms with Crippen molar-refractivity contribution in [1.29, 1.82) is 0 Å². The van der Waals surface area contributed by atoms with E-state index in [1.54, 1.807) is 17.8 Å². The van der Waals surface area contributed by atoms with Crippen molar-refractivity contribution in [2.24, 2.45) is 5.92 Å². The highest BCUT2D eigenvalue weighted by Crippen LogP contribution is 2.38. The smallest absolute Gasteiger partial charge is 0.211 e. The maximum atomic E-state index is 6.34. The lowest BCUT2D eigenvalue weighted by Crippen LogP contribution is -2.35. The van der Waals surface area contributed by atoms with E-state index in [0.29, 0.717) is 10.0 Å². The number of hydrogen-bond donors (Lipinski definition) is 0. The van der Waals surface area contributed by atoms with Crippen LogP contribution in [0.3, 0.4) is 0 Å². The van der Waals surface area contributed by atoms with Crippen molar-refractivity contribution in [3.05, 3.63) is 46.8 Å². The molecule has 136 valence electrons. The average Bonchev–Trinajstić information content (AvgIpc) is 3.16. The van der Waals surface area contributed by atoms with Crippen molar-refractivity contribution >= 4 is 46.6 Å². The number of halogens is 2. The number of piperidine rings is 1. The van der Waals surface area contributed by atoms with Crippen LogP contribution in [-0.4, -0.2) is 27.5 Å². The molecule has 4 rings (SSSR count). The van der Waals surface area contributed by atoms with Gasteiger partial charge >= 0.3 is 0 Å². The number of hydrogen-bond acceptors (Lipinski definition) is 4. The van der Waals surface area contributed by atoms with E-state index < -0.39 is 0 Å². The number of anilines is 1. The molecular formula is C19H20Cl2N4S. The summed E-state index contributed by atoms with van der Waals surface area (Å²) in [6, 6.07) is 5.65. The number of benzene rings is 1. The van der Waals surface area contributed by atoms with Crippen molar-refractivity contribution in [2.45, 2.75) is 36.0 Å². The highest BCUT2D eigenvalue weighted by Gasteiger charge is 2.22. The molecule has 0 spiro atoms. The van der Waals surface area contributed by atoms with E-state index in [0.717, 1.165) is 40.4 Å². The maximum absolute atomic E-state index is 6.34. The Kier molecular flexibility index (Phi) is 5.30. The van der Waals surface area contributed by atoms with Gasteiger partial charge in [0.1, 0.15) is 0 Å². The van der Waals surface area contributed by atoms with Crippen LogP contribution < -0.4 is 4.90 Å². The Hall–Kier alpha value is -1.43. The number of rotatable bonds is 4. The first-order valence-corrected chi connectivity index (χ1v) is 10.4. The van der Waals surface area contributed by atoms with E-state index in [9.17, 15) is 0 Å². The molecule has 0 aliphatic carbocycles. The van der Waals surface area contributed by atoms with Crippen LogP contribution in [0.25, 0.3) is 5.65 Å². The lowest BCUT2D eigenvalue weighted by Gasteiger charge is -2.32. The van der Waals surface area contributed by atoms with Gasteiger partial charge in [-0.3, -0.25) is 4.40 Å². The summed E-state index contributed by atoms with van der Waals surface area (Å²) in [4.78, 5) is 13.5. The quantitative estimate of drug-likeness (QED) is 0.546. The molecule has 0 bridgehead atoms. The summed E-state index contributed by atoms with van der Waals surface area (Å²) in [5, 5.41) is 1.12. The second-order valence-corrected chi connectivity index (χ2v) is 8.40. The van der Waals surface area contributed by atoms with Crippen LogP contribution >= 0.6 is 35.0 Å². The second kappa shape index (κ2) is 7.67. The van der Waals surface area contributed by atoms with Crippen molar-refractivity contribution in [3.63, 3.8) is 0 Å². The van der Waals surface area contributed by atoms with Gasteiger partial charge < -0.3 is 4.90 Å². The third kappa shape index (κ3) is 3.40. The van der Waals surface area contributed by atoms with Gasteiger partial charge in [0, 0.05) is 36.6 Å². The van der Waals surface area contributed by atoms with Crippen LogP contribution in [-0.2, 0) is 0 Å². The summed E-state index contributed by atoms with van der Waals surface area (Å²) in [5.74, 6) is 1.80. The van der Waals surface area contributed by atoms with Gasteiger partial charge in [-0.15, -0.1) is 0 Å². The fraction of sp³-hybridized carbons (Fsp3) is 0.368. The molecule has 26 heavy (non-hydrogen) atoms. The zero-order valence-corrected chi connectivity index (χ0v) is 16.9. The molecule has 7 heteroatoms. The van der Waals surface area contributed by atoms with E-state index in [2.05, 4.69) is 21.2 Å². The second-order valence-electron chi connectivity index (χ2n) is 6.54. The van der Waals surface area contributed by atoms with Crippen LogP contribution in [0, 0.1) is 5.92 Å². The zero-order chi connectivity index (χ0) is 18.1. The lowest BCUT2D eigenvalue weighted by molar-refractivity contribution is 0.391. The van der Waals surface area contributed by atoms with E-state index in [4.69, 9.17) is 28.2 Å². The van der Waals surface area contributed by atoms with Gasteiger partial charge in [0.15, 0.2) is 5.65 Å². The number of nitrogens with zero attached hydrogens (tertiary/aromatic N) is 4. The molecule has 0 radical (unpaired) electrons. The molecule has 0 atom stereocenters. The third-order valence-corrected chi connectivity index (χ3v) is 6.98. The average molecular weight is 407 g/mol. The molecule has 1 aliphatic heterocycles. The van der Waals surface area contributed by atoms with Crippen molar-refractivity contribution in [1.82, 2.24) is 14.4 Å². The lowest BCUT2D eigenvalue weighted by atomic mass is 9.95. The van der Waals surface area contributed by atoms with Gasteiger partial charge in [0.25, 0.3) is 0 Å². The van der Waals surface area contributed by atoms with E-state index in [1.807, 2.05) is 30.7 Å². The molecule has 1 fully saturated rings. The van der Waals surface area contributed by atoms with E-state index >= 15 is 0 Å². The summed E-state index contributed by atoms with van der Waals surface area (Å²) in [6.45, 7) is 4.37. The molecule has 0 saturated carbocycles. The Morgan fingerprint density at radius 3 is 2.73 bits per heavy atom. The monoisotopic (exact) mass is 406 g/mol. The normalized spacial score (nSPS) is 15.7. The Morgan fingerprint density at radius 1 is 1.15 bits per heavy atom. The Bertz CT molecular complexity index is 919. The standard InChI is InChI=1S/C19H20Cl2N4S/c1-2-13-6-9-24(10-7-13)19-23-12-16(18-22-8-11-25(18)19)26-15-5-3-4-14(20)17(15)21/h3-5,8,11-13H,2,6-7,9-10H2,1H3. The first kappa shape index (κ1) is 18.0. The van der Waals surface area contributed by atoms with Gasteiger partial charge in [-0.1, -0.05) is 54.4 Å². The predicted octanol–water partition coefficient (Wildman–Crippen LogP) is 5.81. The van der Waals surface area contributed by atoms with E-state index in [-0.39, 0.29) is 0 Å². The molecular weight excluding hydrogens is 387 g/mol. The maximum Gasteiger partial charge on any atom is 0.211 e. The van der Waals surface area contributed by atoms with Gasteiger partial charge in [-0.25, -0.2) is 9.97 Å². The molecule has 1 aliphatic rings. The van der Waals surface area contributed by atoms with Crippen LogP contribution in [0.2, 0.25) is 10.0 Å². The summed E-state index contributed by atoms with van der Waals surface area (Å²) >= 11 is 14.0. The first-order valence-electron chi connectivity index (χ1n) is 8.86. The van der Waals surface area contributed by atoms with Gasteiger partial charge in [0.2, 0.25) is 5.95 Å². The molecule has 2 aromatic heterocycles. The van der Waals surface area contributed by atoms with Crippen LogP contribution in [0.4, 0.5) is 5.95 Å². The molecule has 4 nitrogen and oxygen atoms in total. The van der Waals surface area contributed by atoms with E-state index in [1.165, 1.54) is 19.3 Å².